The van der Waals surface area contributed by atoms with Gasteiger partial charge in [-0.15, -0.1) is 11.3 Å². The van der Waals surface area contributed by atoms with Gasteiger partial charge in [0.25, 0.3) is 5.56 Å². The minimum Gasteiger partial charge on any atom is -0.320 e. The third-order valence-corrected chi connectivity index (χ3v) is 6.36. The topological polar surface area (TPSA) is 36.1 Å². The molecular formula is C20H18N2OS. The summed E-state index contributed by atoms with van der Waals surface area (Å²) < 4.78 is 2.50. The molecule has 0 bridgehead atoms. The number of hydrogen-bond donors (Lipinski definition) is 1. The number of benzene rings is 2. The van der Waals surface area contributed by atoms with Crippen LogP contribution in [0.5, 0.6) is 0 Å². The Balaban J connectivity index is 1.80. The van der Waals surface area contributed by atoms with Gasteiger partial charge in [0, 0.05) is 27.4 Å². The number of nitrogens with zero attached hydrogens (tertiary/aromatic N) is 1. The molecule has 0 spiro atoms. The Labute approximate surface area is 143 Å². The van der Waals surface area contributed by atoms with E-state index in [4.69, 9.17) is 0 Å². The molecule has 120 valence electrons. The number of rotatable bonds is 2. The summed E-state index contributed by atoms with van der Waals surface area (Å²) in [6.45, 7) is 3.40. The van der Waals surface area contributed by atoms with Crippen LogP contribution in [-0.2, 0) is 6.54 Å². The van der Waals surface area contributed by atoms with Gasteiger partial charge in [0.05, 0.1) is 10.2 Å². The van der Waals surface area contributed by atoms with Gasteiger partial charge in [-0.05, 0) is 37.6 Å². The van der Waals surface area contributed by atoms with Crippen LogP contribution in [0.4, 0.5) is 0 Å². The molecule has 0 aliphatic carbocycles. The van der Waals surface area contributed by atoms with E-state index in [-0.39, 0.29) is 5.56 Å². The Kier molecular flexibility index (Phi) is 3.21. The maximum absolute atomic E-state index is 12.4. The first-order valence-corrected chi connectivity index (χ1v) is 9.30. The van der Waals surface area contributed by atoms with E-state index in [1.807, 2.05) is 29.5 Å². The zero-order chi connectivity index (χ0) is 16.1. The second-order valence-corrected chi connectivity index (χ2v) is 7.60. The van der Waals surface area contributed by atoms with E-state index in [0.29, 0.717) is 0 Å². The molecule has 1 aliphatic heterocycles. The molecule has 3 heterocycles. The van der Waals surface area contributed by atoms with Crippen molar-refractivity contribution in [3.8, 4) is 0 Å². The van der Waals surface area contributed by atoms with Crippen LogP contribution in [0, 0.1) is 0 Å². The van der Waals surface area contributed by atoms with E-state index in [1.54, 1.807) is 0 Å². The molecule has 3 nitrogen and oxygen atoms in total. The van der Waals surface area contributed by atoms with Crippen LogP contribution in [0.2, 0.25) is 0 Å². The second-order valence-electron chi connectivity index (χ2n) is 6.58. The van der Waals surface area contributed by atoms with Gasteiger partial charge in [0.1, 0.15) is 0 Å². The molecule has 5 rings (SSSR count). The highest BCUT2D eigenvalue weighted by atomic mass is 32.1. The number of hydrogen-bond acceptors (Lipinski definition) is 3. The van der Waals surface area contributed by atoms with Crippen molar-refractivity contribution in [1.82, 2.24) is 9.88 Å². The molecule has 1 N–H and O–H groups in total. The summed E-state index contributed by atoms with van der Waals surface area (Å²) >= 11 is 1.81. The Bertz CT molecular complexity index is 1120. The Morgan fingerprint density at radius 1 is 0.917 bits per heavy atom. The molecule has 1 fully saturated rings. The lowest BCUT2D eigenvalue weighted by molar-refractivity contribution is 0.333. The highest BCUT2D eigenvalue weighted by Crippen LogP contribution is 2.38. The van der Waals surface area contributed by atoms with Crippen molar-refractivity contribution in [2.24, 2.45) is 0 Å². The van der Waals surface area contributed by atoms with Crippen molar-refractivity contribution in [2.75, 3.05) is 13.1 Å². The number of aromatic amines is 1. The molecule has 2 aromatic heterocycles. The lowest BCUT2D eigenvalue weighted by atomic mass is 10.1. The third kappa shape index (κ3) is 2.10. The van der Waals surface area contributed by atoms with Crippen molar-refractivity contribution in [3.05, 3.63) is 58.4 Å². The van der Waals surface area contributed by atoms with Crippen LogP contribution >= 0.6 is 11.3 Å². The van der Waals surface area contributed by atoms with Crippen LogP contribution in [0.25, 0.3) is 31.1 Å². The number of aromatic nitrogens is 1. The lowest BCUT2D eigenvalue weighted by Crippen LogP contribution is -2.18. The third-order valence-electron chi connectivity index (χ3n) is 5.04. The van der Waals surface area contributed by atoms with Gasteiger partial charge in [0.2, 0.25) is 0 Å². The number of fused-ring (bicyclic) bond motifs is 5. The maximum atomic E-state index is 12.4. The minimum absolute atomic E-state index is 0.00254. The summed E-state index contributed by atoms with van der Waals surface area (Å²) in [6, 6.07) is 14.4. The van der Waals surface area contributed by atoms with Crippen LogP contribution < -0.4 is 5.56 Å². The lowest BCUT2D eigenvalue weighted by Gasteiger charge is -2.14. The number of pyridine rings is 1. The van der Waals surface area contributed by atoms with Gasteiger partial charge < -0.3 is 4.98 Å². The Morgan fingerprint density at radius 2 is 1.67 bits per heavy atom. The molecule has 0 amide bonds. The van der Waals surface area contributed by atoms with Crippen molar-refractivity contribution < 1.29 is 0 Å². The number of thiophene rings is 1. The SMILES string of the molecule is O=c1[nH]c2c3cccc(CN4CCCC4)c3sc2c2ccccc12. The Hall–Kier alpha value is -2.17. The van der Waals surface area contributed by atoms with E-state index < -0.39 is 0 Å². The van der Waals surface area contributed by atoms with E-state index in [2.05, 4.69) is 34.1 Å². The summed E-state index contributed by atoms with van der Waals surface area (Å²) in [6.07, 6.45) is 2.61. The highest BCUT2D eigenvalue weighted by Gasteiger charge is 2.16. The van der Waals surface area contributed by atoms with Crippen LogP contribution in [0.3, 0.4) is 0 Å². The van der Waals surface area contributed by atoms with Crippen molar-refractivity contribution in [3.63, 3.8) is 0 Å². The number of H-pyrrole nitrogens is 1. The molecule has 4 aromatic rings. The van der Waals surface area contributed by atoms with Crippen LogP contribution in [0.1, 0.15) is 18.4 Å². The number of likely N-dealkylation sites (tertiary alicyclic amines) is 1. The first-order chi connectivity index (χ1) is 11.8. The fraction of sp³-hybridized carbons (Fsp3) is 0.250. The van der Waals surface area contributed by atoms with Gasteiger partial charge in [-0.1, -0.05) is 36.4 Å². The average molecular weight is 334 g/mol. The second kappa shape index (κ2) is 5.43. The molecule has 4 heteroatoms. The summed E-state index contributed by atoms with van der Waals surface area (Å²) in [5.41, 5.74) is 2.37. The Morgan fingerprint density at radius 3 is 2.50 bits per heavy atom. The molecule has 0 unspecified atom stereocenters. The van der Waals surface area contributed by atoms with Gasteiger partial charge >= 0.3 is 0 Å². The van der Waals surface area contributed by atoms with Gasteiger partial charge in [-0.25, -0.2) is 0 Å². The maximum Gasteiger partial charge on any atom is 0.256 e. The van der Waals surface area contributed by atoms with Crippen molar-refractivity contribution >= 4 is 42.4 Å². The average Bonchev–Trinajstić information content (AvgIpc) is 3.24. The molecule has 1 aliphatic rings. The van der Waals surface area contributed by atoms with Crippen molar-refractivity contribution in [1.29, 1.82) is 0 Å². The normalized spacial score (nSPS) is 15.8. The predicted molar refractivity (Wildman–Crippen MR) is 102 cm³/mol. The zero-order valence-electron chi connectivity index (χ0n) is 13.3. The molecule has 0 saturated carbocycles. The zero-order valence-corrected chi connectivity index (χ0v) is 14.2. The first-order valence-electron chi connectivity index (χ1n) is 8.49. The summed E-state index contributed by atoms with van der Waals surface area (Å²) in [5.74, 6) is 0. The van der Waals surface area contributed by atoms with E-state index >= 15 is 0 Å². The van der Waals surface area contributed by atoms with E-state index in [0.717, 1.165) is 22.8 Å². The molecule has 1 saturated heterocycles. The summed E-state index contributed by atoms with van der Waals surface area (Å²) in [5, 5.41) is 3.01. The monoisotopic (exact) mass is 334 g/mol. The largest absolute Gasteiger partial charge is 0.320 e. The standard InChI is InChI=1S/C20H18N2OS/c23-20-15-8-2-1-7-14(15)19-17(21-20)16-9-5-6-13(18(16)24-19)12-22-10-3-4-11-22/h1-2,5-9H,3-4,10-12H2,(H,21,23). The molecule has 2 aromatic carbocycles. The van der Waals surface area contributed by atoms with Gasteiger partial charge in [-0.2, -0.15) is 0 Å². The number of nitrogens with one attached hydrogen (secondary N) is 1. The van der Waals surface area contributed by atoms with Crippen LogP contribution in [-0.4, -0.2) is 23.0 Å². The van der Waals surface area contributed by atoms with Gasteiger partial charge in [0.15, 0.2) is 0 Å². The smallest absolute Gasteiger partial charge is 0.256 e. The highest BCUT2D eigenvalue weighted by molar-refractivity contribution is 7.26. The van der Waals surface area contributed by atoms with Crippen molar-refractivity contribution in [2.45, 2.75) is 19.4 Å². The predicted octanol–water partition coefficient (Wildman–Crippen LogP) is 4.49. The summed E-state index contributed by atoms with van der Waals surface area (Å²) in [7, 11) is 0. The first kappa shape index (κ1) is 14.2. The van der Waals surface area contributed by atoms with E-state index in [1.165, 1.54) is 46.3 Å². The molecular weight excluding hydrogens is 316 g/mol. The van der Waals surface area contributed by atoms with Gasteiger partial charge in [-0.3, -0.25) is 9.69 Å². The quantitative estimate of drug-likeness (QED) is 0.586. The van der Waals surface area contributed by atoms with E-state index in [9.17, 15) is 4.79 Å². The molecule has 0 radical (unpaired) electrons. The minimum atomic E-state index is 0.00254. The van der Waals surface area contributed by atoms with Crippen LogP contribution in [0.15, 0.2) is 47.3 Å². The fourth-order valence-corrected chi connectivity index (χ4v) is 5.16. The fourth-order valence-electron chi connectivity index (χ4n) is 3.86. The molecule has 0 atom stereocenters. The summed E-state index contributed by atoms with van der Waals surface area (Å²) in [4.78, 5) is 18.1. The molecule has 24 heavy (non-hydrogen) atoms.